The molecule has 40 heavy (non-hydrogen) atoms. The number of hydrogen-bond acceptors (Lipinski definition) is 3. The molecule has 2 aromatic heterocycles. The molecule has 1 aliphatic carbocycles. The number of aromatic nitrogens is 1. The molecule has 6 rings (SSSR count). The summed E-state index contributed by atoms with van der Waals surface area (Å²) in [5.74, 6) is -0.167. The molecule has 2 unspecified atom stereocenters. The summed E-state index contributed by atoms with van der Waals surface area (Å²) in [7, 11) is 0. The average Bonchev–Trinajstić information content (AvgIpc) is 3.53. The van der Waals surface area contributed by atoms with Crippen LogP contribution in [0.5, 0.6) is 0 Å². The van der Waals surface area contributed by atoms with Crippen LogP contribution in [-0.4, -0.2) is 27.3 Å². The van der Waals surface area contributed by atoms with Gasteiger partial charge < -0.3 is 14.8 Å². The lowest BCUT2D eigenvalue weighted by Crippen LogP contribution is -2.64. The summed E-state index contributed by atoms with van der Waals surface area (Å²) < 4.78 is 3.23. The minimum Gasteiger partial charge on any atom is -0.351 e. The van der Waals surface area contributed by atoms with Gasteiger partial charge in [0.2, 0.25) is 0 Å². The molecule has 0 spiro atoms. The van der Waals surface area contributed by atoms with E-state index < -0.39 is 5.54 Å². The van der Waals surface area contributed by atoms with Gasteiger partial charge in [-0.05, 0) is 49.4 Å². The van der Waals surface area contributed by atoms with Gasteiger partial charge in [-0.3, -0.25) is 9.59 Å². The molecule has 1 N–H and O–H groups in total. The summed E-state index contributed by atoms with van der Waals surface area (Å²) in [4.78, 5) is 32.7. The summed E-state index contributed by atoms with van der Waals surface area (Å²) in [6, 6.07) is 24.2. The number of nitrogens with one attached hydrogen (secondary N) is 1. The van der Waals surface area contributed by atoms with Gasteiger partial charge in [0.05, 0.1) is 22.8 Å². The minimum absolute atomic E-state index is 0.0705. The fourth-order valence-electron chi connectivity index (χ4n) is 6.77. The van der Waals surface area contributed by atoms with Crippen LogP contribution in [0.2, 0.25) is 0 Å². The Kier molecular flexibility index (Phi) is 7.54. The predicted octanol–water partition coefficient (Wildman–Crippen LogP) is 7.61. The van der Waals surface area contributed by atoms with E-state index in [0.717, 1.165) is 53.4 Å². The van der Waals surface area contributed by atoms with Crippen molar-refractivity contribution >= 4 is 33.4 Å². The van der Waals surface area contributed by atoms with Gasteiger partial charge in [0.25, 0.3) is 11.8 Å². The highest BCUT2D eigenvalue weighted by molar-refractivity contribution is 7.19. The first kappa shape index (κ1) is 26.8. The molecule has 0 radical (unpaired) electrons. The Hall–Kier alpha value is -3.38. The van der Waals surface area contributed by atoms with Crippen LogP contribution < -0.4 is 5.32 Å². The van der Waals surface area contributed by atoms with E-state index in [2.05, 4.69) is 41.9 Å². The van der Waals surface area contributed by atoms with E-state index in [4.69, 9.17) is 0 Å². The number of fused-ring (bicyclic) bond motifs is 3. The topological polar surface area (TPSA) is 54.3 Å². The summed E-state index contributed by atoms with van der Waals surface area (Å²) >= 11 is 1.74. The molecular weight excluding hydrogens is 514 g/mol. The third-order valence-electron chi connectivity index (χ3n) is 8.96. The van der Waals surface area contributed by atoms with Crippen LogP contribution >= 0.6 is 11.3 Å². The maximum atomic E-state index is 14.9. The molecule has 5 nitrogen and oxygen atoms in total. The monoisotopic (exact) mass is 553 g/mol. The van der Waals surface area contributed by atoms with Crippen molar-refractivity contribution in [3.8, 4) is 0 Å². The zero-order valence-corrected chi connectivity index (χ0v) is 24.4. The first-order chi connectivity index (χ1) is 19.5. The molecule has 1 aliphatic heterocycles. The SMILES string of the molecule is CCc1cc2c(cc3n2CC(C(=O)NC2CCCCCCC2)(c2ccccc2)N(C(C)c2ccccc2)C3=O)s1. The van der Waals surface area contributed by atoms with E-state index in [0.29, 0.717) is 12.2 Å². The van der Waals surface area contributed by atoms with Crippen molar-refractivity contribution in [2.45, 2.75) is 89.4 Å². The van der Waals surface area contributed by atoms with Crippen molar-refractivity contribution in [3.05, 3.63) is 94.5 Å². The highest BCUT2D eigenvalue weighted by Gasteiger charge is 2.54. The van der Waals surface area contributed by atoms with Crippen molar-refractivity contribution in [3.63, 3.8) is 0 Å². The van der Waals surface area contributed by atoms with Gasteiger partial charge in [0.1, 0.15) is 5.69 Å². The molecule has 1 fully saturated rings. The number of hydrogen-bond donors (Lipinski definition) is 1. The van der Waals surface area contributed by atoms with Gasteiger partial charge >= 0.3 is 0 Å². The first-order valence-corrected chi connectivity index (χ1v) is 15.7. The highest BCUT2D eigenvalue weighted by atomic mass is 32.1. The third kappa shape index (κ3) is 4.66. The molecule has 6 heteroatoms. The Labute approximate surface area is 241 Å². The van der Waals surface area contributed by atoms with E-state index in [9.17, 15) is 9.59 Å². The maximum absolute atomic E-state index is 14.9. The number of carbonyl (C=O) groups is 2. The number of benzene rings is 2. The highest BCUT2D eigenvalue weighted by Crippen LogP contribution is 2.45. The van der Waals surface area contributed by atoms with Gasteiger partial charge in [0, 0.05) is 10.9 Å². The first-order valence-electron chi connectivity index (χ1n) is 14.9. The lowest BCUT2D eigenvalue weighted by atomic mass is 9.82. The van der Waals surface area contributed by atoms with Crippen LogP contribution in [0.25, 0.3) is 10.2 Å². The van der Waals surface area contributed by atoms with Crippen LogP contribution in [-0.2, 0) is 23.3 Å². The van der Waals surface area contributed by atoms with Gasteiger partial charge in [-0.2, -0.15) is 0 Å². The molecule has 4 aromatic rings. The Balaban J connectivity index is 1.53. The van der Waals surface area contributed by atoms with E-state index in [1.807, 2.05) is 59.5 Å². The van der Waals surface area contributed by atoms with Gasteiger partial charge in [-0.15, -0.1) is 11.3 Å². The largest absolute Gasteiger partial charge is 0.351 e. The second-order valence-corrected chi connectivity index (χ2v) is 12.6. The lowest BCUT2D eigenvalue weighted by Gasteiger charge is -2.49. The molecule has 2 aromatic carbocycles. The molecule has 1 saturated carbocycles. The Bertz CT molecular complexity index is 1480. The van der Waals surface area contributed by atoms with Crippen LogP contribution in [0.1, 0.15) is 91.3 Å². The molecule has 2 amide bonds. The number of amides is 2. The second kappa shape index (κ2) is 11.2. The molecule has 0 bridgehead atoms. The average molecular weight is 554 g/mol. The standard InChI is InChI=1S/C34H39N3O2S/c1-3-28-21-29-31(40-28)22-30-32(38)37(24(2)25-15-9-7-10-16-25)34(23-36(29)30,26-17-11-8-12-18-26)33(39)35-27-19-13-5-4-6-14-20-27/h7-12,15-18,21-22,24,27H,3-6,13-14,19-20,23H2,1-2H3,(H,35,39). The van der Waals surface area contributed by atoms with Gasteiger partial charge in [-0.1, -0.05) is 99.7 Å². The van der Waals surface area contributed by atoms with E-state index in [1.54, 1.807) is 11.3 Å². The maximum Gasteiger partial charge on any atom is 0.272 e. The fraction of sp³-hybridized carbons (Fsp3) is 0.412. The fourth-order valence-corrected chi connectivity index (χ4v) is 7.81. The number of carbonyl (C=O) groups excluding carboxylic acids is 2. The normalized spacial score (nSPS) is 21.1. The summed E-state index contributed by atoms with van der Waals surface area (Å²) in [6.45, 7) is 4.61. The van der Waals surface area contributed by atoms with Crippen LogP contribution in [0.15, 0.2) is 72.8 Å². The number of nitrogens with zero attached hydrogens (tertiary/aromatic N) is 2. The van der Waals surface area contributed by atoms with E-state index in [-0.39, 0.29) is 23.9 Å². The molecule has 3 heterocycles. The number of thiophene rings is 1. The number of rotatable bonds is 6. The van der Waals surface area contributed by atoms with E-state index >= 15 is 0 Å². The van der Waals surface area contributed by atoms with Crippen molar-refractivity contribution in [1.29, 1.82) is 0 Å². The smallest absolute Gasteiger partial charge is 0.272 e. The second-order valence-electron chi connectivity index (χ2n) is 11.4. The quantitative estimate of drug-likeness (QED) is 0.267. The van der Waals surface area contributed by atoms with Gasteiger partial charge in [-0.25, -0.2) is 0 Å². The lowest BCUT2D eigenvalue weighted by molar-refractivity contribution is -0.137. The summed E-state index contributed by atoms with van der Waals surface area (Å²) in [5, 5.41) is 3.50. The summed E-state index contributed by atoms with van der Waals surface area (Å²) in [6.07, 6.45) is 8.89. The van der Waals surface area contributed by atoms with Crippen molar-refractivity contribution in [2.24, 2.45) is 0 Å². The predicted molar refractivity (Wildman–Crippen MR) is 163 cm³/mol. The minimum atomic E-state index is -1.19. The summed E-state index contributed by atoms with van der Waals surface area (Å²) in [5.41, 5.74) is 2.40. The van der Waals surface area contributed by atoms with Crippen molar-refractivity contribution in [2.75, 3.05) is 0 Å². The molecule has 0 saturated heterocycles. The molecule has 2 atom stereocenters. The zero-order chi connectivity index (χ0) is 27.7. The van der Waals surface area contributed by atoms with Crippen LogP contribution in [0.4, 0.5) is 0 Å². The van der Waals surface area contributed by atoms with Gasteiger partial charge in [0.15, 0.2) is 5.54 Å². The molecule has 208 valence electrons. The molecular formula is C34H39N3O2S. The third-order valence-corrected chi connectivity index (χ3v) is 10.2. The van der Waals surface area contributed by atoms with Crippen molar-refractivity contribution in [1.82, 2.24) is 14.8 Å². The Morgan fingerprint density at radius 3 is 2.30 bits per heavy atom. The zero-order valence-electron chi connectivity index (χ0n) is 23.6. The van der Waals surface area contributed by atoms with Crippen LogP contribution in [0.3, 0.4) is 0 Å². The van der Waals surface area contributed by atoms with E-state index in [1.165, 1.54) is 24.1 Å². The number of aryl methyl sites for hydroxylation is 1. The van der Waals surface area contributed by atoms with Crippen molar-refractivity contribution < 1.29 is 9.59 Å². The molecule has 2 aliphatic rings. The Morgan fingerprint density at radius 1 is 0.975 bits per heavy atom. The Morgan fingerprint density at radius 2 is 1.62 bits per heavy atom. The van der Waals surface area contributed by atoms with Crippen LogP contribution in [0, 0.1) is 0 Å².